The van der Waals surface area contributed by atoms with E-state index in [2.05, 4.69) is 41.4 Å². The summed E-state index contributed by atoms with van der Waals surface area (Å²) in [4.78, 5) is 2.58. The molecule has 1 unspecified atom stereocenters. The van der Waals surface area contributed by atoms with E-state index in [1.54, 1.807) is 0 Å². The van der Waals surface area contributed by atoms with Crippen LogP contribution in [0.3, 0.4) is 0 Å². The molecule has 3 heteroatoms. The molecule has 0 bridgehead atoms. The van der Waals surface area contributed by atoms with E-state index in [1.807, 2.05) is 0 Å². The molecule has 0 aromatic heterocycles. The van der Waals surface area contributed by atoms with Crippen LogP contribution in [0.25, 0.3) is 0 Å². The molecular formula is C14H20N2O. The van der Waals surface area contributed by atoms with E-state index >= 15 is 0 Å². The zero-order chi connectivity index (χ0) is 11.7. The smallest absolute Gasteiger partial charge is 0.142 e. The Morgan fingerprint density at radius 1 is 1.35 bits per heavy atom. The summed E-state index contributed by atoms with van der Waals surface area (Å²) in [6.07, 6.45) is 2.29. The third kappa shape index (κ3) is 1.89. The van der Waals surface area contributed by atoms with Crippen LogP contribution in [0.1, 0.15) is 19.8 Å². The molecule has 3 rings (SSSR count). The third-order valence-electron chi connectivity index (χ3n) is 3.87. The lowest BCUT2D eigenvalue weighted by Gasteiger charge is -2.43. The lowest BCUT2D eigenvalue weighted by Crippen LogP contribution is -2.57. The topological polar surface area (TPSA) is 24.5 Å². The normalized spacial score (nSPS) is 27.7. The molecular weight excluding hydrogens is 212 g/mol. The van der Waals surface area contributed by atoms with Gasteiger partial charge in [-0.05, 0) is 18.6 Å². The summed E-state index contributed by atoms with van der Waals surface area (Å²) in [5, 5.41) is 3.55. The van der Waals surface area contributed by atoms with Gasteiger partial charge in [-0.15, -0.1) is 0 Å². The maximum Gasteiger partial charge on any atom is 0.142 e. The molecule has 92 valence electrons. The van der Waals surface area contributed by atoms with E-state index in [0.717, 1.165) is 31.9 Å². The number of anilines is 1. The number of hydrogen-bond acceptors (Lipinski definition) is 3. The van der Waals surface area contributed by atoms with E-state index in [0.29, 0.717) is 12.1 Å². The maximum atomic E-state index is 5.86. The van der Waals surface area contributed by atoms with Crippen LogP contribution in [-0.2, 0) is 0 Å². The number of hydrogen-bond donors (Lipinski definition) is 1. The average Bonchev–Trinajstić information content (AvgIpc) is 2.57. The fourth-order valence-corrected chi connectivity index (χ4v) is 2.98. The minimum atomic E-state index is 0.581. The quantitative estimate of drug-likeness (QED) is 0.802. The summed E-state index contributed by atoms with van der Waals surface area (Å²) in [5.41, 5.74) is 1.28. The number of nitrogens with one attached hydrogen (secondary N) is 1. The number of piperazine rings is 1. The Morgan fingerprint density at radius 2 is 2.24 bits per heavy atom. The van der Waals surface area contributed by atoms with E-state index in [4.69, 9.17) is 4.74 Å². The highest BCUT2D eigenvalue weighted by Crippen LogP contribution is 2.35. The van der Waals surface area contributed by atoms with Gasteiger partial charge in [-0.3, -0.25) is 0 Å². The first-order valence-corrected chi connectivity index (χ1v) is 6.61. The SMILES string of the molecule is CCC1CNC[C@@H]2CCOc3ccccc3N12. The molecule has 1 saturated heterocycles. The van der Waals surface area contributed by atoms with Crippen LogP contribution in [0, 0.1) is 0 Å². The Labute approximate surface area is 103 Å². The van der Waals surface area contributed by atoms with Crippen LogP contribution in [0.15, 0.2) is 24.3 Å². The lowest BCUT2D eigenvalue weighted by molar-refractivity contribution is 0.296. The Morgan fingerprint density at radius 3 is 3.12 bits per heavy atom. The van der Waals surface area contributed by atoms with Gasteiger partial charge < -0.3 is 15.0 Å². The Hall–Kier alpha value is -1.22. The summed E-state index contributed by atoms with van der Waals surface area (Å²) in [7, 11) is 0. The van der Waals surface area contributed by atoms with Crippen molar-refractivity contribution in [3.05, 3.63) is 24.3 Å². The first kappa shape index (κ1) is 10.9. The molecule has 0 saturated carbocycles. The Bertz CT molecular complexity index is 394. The zero-order valence-electron chi connectivity index (χ0n) is 10.4. The second kappa shape index (κ2) is 4.57. The van der Waals surface area contributed by atoms with Crippen molar-refractivity contribution in [2.24, 2.45) is 0 Å². The predicted molar refractivity (Wildman–Crippen MR) is 69.8 cm³/mol. The standard InChI is InChI=1S/C14H20N2O/c1-2-11-9-15-10-12-7-8-17-14-6-4-3-5-13(14)16(11)12/h3-6,11-12,15H,2,7-10H2,1H3/t11?,12-/m0/s1. The van der Waals surface area contributed by atoms with Crippen molar-refractivity contribution in [2.75, 3.05) is 24.6 Å². The molecule has 2 aliphatic heterocycles. The van der Waals surface area contributed by atoms with Gasteiger partial charge in [-0.2, -0.15) is 0 Å². The van der Waals surface area contributed by atoms with Crippen molar-refractivity contribution < 1.29 is 4.74 Å². The summed E-state index contributed by atoms with van der Waals surface area (Å²) in [6.45, 7) is 5.26. The number of nitrogens with zero attached hydrogens (tertiary/aromatic N) is 1. The van der Waals surface area contributed by atoms with Crippen LogP contribution in [-0.4, -0.2) is 31.8 Å². The highest BCUT2D eigenvalue weighted by molar-refractivity contribution is 5.61. The van der Waals surface area contributed by atoms with E-state index < -0.39 is 0 Å². The second-order valence-corrected chi connectivity index (χ2v) is 4.89. The van der Waals surface area contributed by atoms with Crippen LogP contribution in [0.2, 0.25) is 0 Å². The molecule has 1 N–H and O–H groups in total. The molecule has 1 aromatic carbocycles. The molecule has 0 amide bonds. The molecule has 1 fully saturated rings. The molecule has 0 spiro atoms. The minimum Gasteiger partial charge on any atom is -0.491 e. The highest BCUT2D eigenvalue weighted by Gasteiger charge is 2.32. The van der Waals surface area contributed by atoms with Gasteiger partial charge in [0.25, 0.3) is 0 Å². The van der Waals surface area contributed by atoms with Crippen molar-refractivity contribution >= 4 is 5.69 Å². The molecule has 2 aliphatic rings. The molecule has 1 aromatic rings. The Balaban J connectivity index is 2.01. The Kier molecular flexibility index (Phi) is 2.93. The molecule has 17 heavy (non-hydrogen) atoms. The van der Waals surface area contributed by atoms with Gasteiger partial charge in [0.2, 0.25) is 0 Å². The molecule has 2 atom stereocenters. The second-order valence-electron chi connectivity index (χ2n) is 4.89. The van der Waals surface area contributed by atoms with Gasteiger partial charge in [-0.25, -0.2) is 0 Å². The molecule has 2 heterocycles. The number of rotatable bonds is 1. The summed E-state index contributed by atoms with van der Waals surface area (Å²) in [5.74, 6) is 1.05. The van der Waals surface area contributed by atoms with Gasteiger partial charge in [0, 0.05) is 31.6 Å². The van der Waals surface area contributed by atoms with Gasteiger partial charge in [0.15, 0.2) is 0 Å². The fraction of sp³-hybridized carbons (Fsp3) is 0.571. The lowest BCUT2D eigenvalue weighted by atomic mass is 10.0. The maximum absolute atomic E-state index is 5.86. The van der Waals surface area contributed by atoms with Crippen molar-refractivity contribution in [2.45, 2.75) is 31.8 Å². The summed E-state index contributed by atoms with van der Waals surface area (Å²) in [6, 6.07) is 9.63. The van der Waals surface area contributed by atoms with Gasteiger partial charge in [0.05, 0.1) is 12.3 Å². The van der Waals surface area contributed by atoms with Crippen LogP contribution in [0.4, 0.5) is 5.69 Å². The van der Waals surface area contributed by atoms with Crippen molar-refractivity contribution in [1.29, 1.82) is 0 Å². The van der Waals surface area contributed by atoms with Crippen molar-refractivity contribution in [1.82, 2.24) is 5.32 Å². The molecule has 0 aliphatic carbocycles. The fourth-order valence-electron chi connectivity index (χ4n) is 2.98. The summed E-state index contributed by atoms with van der Waals surface area (Å²) < 4.78 is 5.86. The monoisotopic (exact) mass is 232 g/mol. The van der Waals surface area contributed by atoms with Crippen LogP contribution >= 0.6 is 0 Å². The van der Waals surface area contributed by atoms with E-state index in [9.17, 15) is 0 Å². The molecule has 3 nitrogen and oxygen atoms in total. The third-order valence-corrected chi connectivity index (χ3v) is 3.87. The van der Waals surface area contributed by atoms with Crippen molar-refractivity contribution in [3.63, 3.8) is 0 Å². The van der Waals surface area contributed by atoms with Gasteiger partial charge >= 0.3 is 0 Å². The van der Waals surface area contributed by atoms with Crippen LogP contribution in [0.5, 0.6) is 5.75 Å². The first-order valence-electron chi connectivity index (χ1n) is 6.61. The largest absolute Gasteiger partial charge is 0.491 e. The van der Waals surface area contributed by atoms with Gasteiger partial charge in [0.1, 0.15) is 5.75 Å². The van der Waals surface area contributed by atoms with E-state index in [-0.39, 0.29) is 0 Å². The highest BCUT2D eigenvalue weighted by atomic mass is 16.5. The minimum absolute atomic E-state index is 0.581. The number of benzene rings is 1. The zero-order valence-corrected chi connectivity index (χ0v) is 10.4. The average molecular weight is 232 g/mol. The first-order chi connectivity index (χ1) is 8.40. The number of para-hydroxylation sites is 2. The van der Waals surface area contributed by atoms with Crippen molar-refractivity contribution in [3.8, 4) is 5.75 Å². The summed E-state index contributed by atoms with van der Waals surface area (Å²) >= 11 is 0. The number of ether oxygens (including phenoxy) is 1. The number of fused-ring (bicyclic) bond motifs is 3. The predicted octanol–water partition coefficient (Wildman–Crippen LogP) is 2.03. The van der Waals surface area contributed by atoms with E-state index in [1.165, 1.54) is 12.1 Å². The molecule has 0 radical (unpaired) electrons. The van der Waals surface area contributed by atoms with Gasteiger partial charge in [-0.1, -0.05) is 19.1 Å². The van der Waals surface area contributed by atoms with Crippen LogP contribution < -0.4 is 15.0 Å².